The Morgan fingerprint density at radius 2 is 0.431 bits per heavy atom. The summed E-state index contributed by atoms with van der Waals surface area (Å²) in [7, 11) is 0. The third kappa shape index (κ3) is 6.08. The van der Waals surface area contributed by atoms with Gasteiger partial charge in [0.2, 0.25) is 0 Å². The zero-order valence-electron chi connectivity index (χ0n) is 35.4. The quantitative estimate of drug-likeness (QED) is 0.173. The van der Waals surface area contributed by atoms with Crippen LogP contribution in [0.5, 0.6) is 0 Å². The van der Waals surface area contributed by atoms with Gasteiger partial charge in [0.25, 0.3) is 0 Å². The van der Waals surface area contributed by atoms with Gasteiger partial charge in [-0.05, 0) is 22.3 Å². The maximum atomic E-state index is 5.89. The molecule has 0 unspecified atom stereocenters. The first kappa shape index (κ1) is 38.7. The Kier molecular flexibility index (Phi) is 9.33. The van der Waals surface area contributed by atoms with Crippen molar-refractivity contribution in [2.75, 3.05) is 0 Å². The molecule has 2 aromatic heterocycles. The van der Waals surface area contributed by atoms with Crippen molar-refractivity contribution >= 4 is 43.6 Å². The van der Waals surface area contributed by atoms with Crippen LogP contribution in [0.4, 0.5) is 0 Å². The van der Waals surface area contributed by atoms with E-state index in [1.54, 1.807) is 0 Å². The van der Waals surface area contributed by atoms with Gasteiger partial charge in [-0.15, -0.1) is 0 Å². The van der Waals surface area contributed by atoms with Crippen LogP contribution in [0.25, 0.3) is 133 Å². The van der Waals surface area contributed by atoms with Gasteiger partial charge >= 0.3 is 0 Å². The van der Waals surface area contributed by atoms with Crippen LogP contribution in [0.3, 0.4) is 0 Å². The minimum Gasteiger partial charge on any atom is -0.353 e. The van der Waals surface area contributed by atoms with Crippen molar-refractivity contribution in [3.63, 3.8) is 0 Å². The molecule has 8 bridgehead atoms. The number of nitrogens with one attached hydrogen (secondary N) is 2. The van der Waals surface area contributed by atoms with Crippen LogP contribution < -0.4 is 0 Å². The first-order valence-electron chi connectivity index (χ1n) is 21.8. The van der Waals surface area contributed by atoms with Gasteiger partial charge in [0, 0.05) is 85.5 Å². The fourth-order valence-electron chi connectivity index (χ4n) is 10.2. The summed E-state index contributed by atoms with van der Waals surface area (Å²) in [5, 5.41) is 4.45. The number of nitrogens with zero attached hydrogens (tertiary/aromatic N) is 2. The number of benzene rings is 8. The van der Waals surface area contributed by atoms with E-state index in [0.29, 0.717) is 0 Å². The predicted molar refractivity (Wildman–Crippen MR) is 267 cm³/mol. The van der Waals surface area contributed by atoms with E-state index in [2.05, 4.69) is 228 Å². The number of aromatic amines is 2. The van der Waals surface area contributed by atoms with Crippen LogP contribution in [-0.4, -0.2) is 19.9 Å². The molecule has 0 spiro atoms. The van der Waals surface area contributed by atoms with Gasteiger partial charge in [-0.25, -0.2) is 9.97 Å². The van der Waals surface area contributed by atoms with Gasteiger partial charge in [0.1, 0.15) is 0 Å². The summed E-state index contributed by atoms with van der Waals surface area (Å²) in [6, 6.07) is 78.0. The molecule has 0 saturated carbocycles. The van der Waals surface area contributed by atoms with Crippen molar-refractivity contribution in [1.82, 2.24) is 19.9 Å². The summed E-state index contributed by atoms with van der Waals surface area (Å²) < 4.78 is 0. The molecule has 13 rings (SSSR count). The predicted octanol–water partition coefficient (Wildman–Crippen LogP) is 16.0. The topological polar surface area (TPSA) is 57.4 Å². The summed E-state index contributed by atoms with van der Waals surface area (Å²) >= 11 is 0. The minimum absolute atomic E-state index is 0. The second-order valence-electron chi connectivity index (χ2n) is 16.5. The Labute approximate surface area is 388 Å². The van der Waals surface area contributed by atoms with Crippen LogP contribution in [0, 0.1) is 0 Å². The van der Waals surface area contributed by atoms with E-state index in [9.17, 15) is 0 Å². The fourth-order valence-corrected chi connectivity index (χ4v) is 10.2. The Bertz CT molecular complexity index is 3320. The third-order valence-electron chi connectivity index (χ3n) is 13.0. The number of rotatable bonds is 4. The maximum absolute atomic E-state index is 5.89. The molecule has 5 heteroatoms. The smallest absolute Gasteiger partial charge is 0.0816 e. The van der Waals surface area contributed by atoms with Crippen LogP contribution >= 0.6 is 0 Å². The fraction of sp³-hybridized carbons (Fsp3) is 0. The molecule has 300 valence electrons. The average molecular weight is 880 g/mol. The molecule has 1 aliphatic carbocycles. The van der Waals surface area contributed by atoms with Crippen molar-refractivity contribution in [2.24, 2.45) is 0 Å². The molecule has 0 radical (unpaired) electrons. The molecular weight excluding hydrogens is 842 g/mol. The summed E-state index contributed by atoms with van der Waals surface area (Å²) in [6.45, 7) is 0. The van der Waals surface area contributed by atoms with Gasteiger partial charge in [0.05, 0.1) is 44.8 Å². The number of H-pyrrole nitrogens is 2. The Morgan fingerprint density at radius 1 is 0.231 bits per heavy atom. The van der Waals surface area contributed by atoms with E-state index in [-0.39, 0.29) is 19.5 Å². The average Bonchev–Trinajstić information content (AvgIpc) is 4.14. The zero-order valence-corrected chi connectivity index (χ0v) is 38.4. The maximum Gasteiger partial charge on any atom is 0.0816 e. The number of hydrogen-bond acceptors (Lipinski definition) is 2. The van der Waals surface area contributed by atoms with Gasteiger partial charge < -0.3 is 9.97 Å². The molecule has 0 amide bonds. The van der Waals surface area contributed by atoms with Crippen LogP contribution in [-0.2, 0) is 19.5 Å². The van der Waals surface area contributed by atoms with Crippen LogP contribution in [0.2, 0.25) is 0 Å². The molecule has 2 N–H and O–H groups in total. The summed E-state index contributed by atoms with van der Waals surface area (Å²) in [5.41, 5.74) is 20.5. The van der Waals surface area contributed by atoms with Crippen molar-refractivity contribution in [1.29, 1.82) is 0 Å². The molecule has 0 fully saturated rings. The Balaban J connectivity index is 0.00000444. The molecule has 0 atom stereocenters. The van der Waals surface area contributed by atoms with Gasteiger partial charge in [0.15, 0.2) is 0 Å². The van der Waals surface area contributed by atoms with Crippen molar-refractivity contribution < 1.29 is 19.5 Å². The van der Waals surface area contributed by atoms with E-state index in [0.717, 1.165) is 133 Å². The standard InChI is InChI=1S/C60H38N4.Zn/c1-5-21-37(22-6-1)49-53-41-29-13-15-31-43(41)55(61-53)50(38-23-7-2-8-24-38)57-45-33-17-19-35-47(45)59(63-57)52(40-27-11-4-12-28-40)60-48-36-20-18-34-46(48)58(64-60)51(39-25-9-3-10-26-39)56-44-32-16-14-30-42(44)54(49)62-56;/h1-36,61,64H;. The SMILES string of the molecule is [Zn].c1ccc(-c2c3nc(c(-c4ccccc4)c4[nH]c(c(-c5ccccc5)c5nc(c(-c6ccccc6)c6[nH]c2c2ccccc62)-c2ccccc2-5)c2ccccc42)-c2ccccc2-3)cc1. The van der Waals surface area contributed by atoms with Gasteiger partial charge in [-0.2, -0.15) is 0 Å². The Morgan fingerprint density at radius 3 is 0.662 bits per heavy atom. The second-order valence-corrected chi connectivity index (χ2v) is 16.5. The van der Waals surface area contributed by atoms with E-state index in [1.807, 2.05) is 0 Å². The first-order chi connectivity index (χ1) is 31.8. The molecule has 65 heavy (non-hydrogen) atoms. The van der Waals surface area contributed by atoms with E-state index >= 15 is 0 Å². The van der Waals surface area contributed by atoms with Gasteiger partial charge in [-0.1, -0.05) is 218 Å². The number of hydrogen-bond donors (Lipinski definition) is 2. The normalized spacial score (nSPS) is 11.6. The van der Waals surface area contributed by atoms with E-state index in [1.165, 1.54) is 0 Å². The second kappa shape index (κ2) is 15.7. The molecule has 3 aliphatic rings. The number of aromatic nitrogens is 4. The molecule has 4 nitrogen and oxygen atoms in total. The molecule has 0 saturated heterocycles. The molecule has 2 aliphatic heterocycles. The minimum atomic E-state index is 0. The molecular formula is C60H38N4Zn. The monoisotopic (exact) mass is 878 g/mol. The van der Waals surface area contributed by atoms with Crippen LogP contribution in [0.1, 0.15) is 0 Å². The van der Waals surface area contributed by atoms with Gasteiger partial charge in [-0.3, -0.25) is 0 Å². The van der Waals surface area contributed by atoms with Crippen molar-refractivity contribution in [3.05, 3.63) is 218 Å². The van der Waals surface area contributed by atoms with E-state index in [4.69, 9.17) is 9.97 Å². The zero-order chi connectivity index (χ0) is 42.1. The summed E-state index contributed by atoms with van der Waals surface area (Å²) in [6.07, 6.45) is 0. The van der Waals surface area contributed by atoms with Crippen molar-refractivity contribution in [3.8, 4) is 89.5 Å². The Hall–Kier alpha value is -7.98. The molecule has 10 aromatic rings. The summed E-state index contributed by atoms with van der Waals surface area (Å²) in [4.78, 5) is 20.0. The molecule has 8 aromatic carbocycles. The van der Waals surface area contributed by atoms with Crippen molar-refractivity contribution in [2.45, 2.75) is 0 Å². The first-order valence-corrected chi connectivity index (χ1v) is 21.8. The largest absolute Gasteiger partial charge is 0.353 e. The molecule has 4 heterocycles. The van der Waals surface area contributed by atoms with Crippen LogP contribution in [0.15, 0.2) is 218 Å². The third-order valence-corrected chi connectivity index (χ3v) is 13.0. The summed E-state index contributed by atoms with van der Waals surface area (Å²) in [5.74, 6) is 0. The van der Waals surface area contributed by atoms with E-state index < -0.39 is 0 Å².